The molecule has 0 radical (unpaired) electrons. The number of ether oxygens (including phenoxy) is 5. The van der Waals surface area contributed by atoms with Crippen LogP contribution in [0.15, 0.2) is 103 Å². The van der Waals surface area contributed by atoms with Crippen LogP contribution >= 0.6 is 58.0 Å². The average molecular weight is 1600 g/mol. The molecular weight excluding hydrogens is 1510 g/mol. The minimum Gasteiger partial charge on any atom is -0.481 e. The van der Waals surface area contributed by atoms with Gasteiger partial charge >= 0.3 is 0 Å². The molecule has 10 heterocycles. The minimum absolute atomic E-state index is 0.102. The molecule has 0 saturated carbocycles. The summed E-state index contributed by atoms with van der Waals surface area (Å²) in [6.45, 7) is 30.5. The molecular formula is C71H87Cl5N14O10S4. The number of methoxy groups -OCH3 is 5. The lowest BCUT2D eigenvalue weighted by Crippen LogP contribution is -2.35. The second kappa shape index (κ2) is 39.4. The van der Waals surface area contributed by atoms with Crippen molar-refractivity contribution >= 4 is 174 Å². The molecule has 0 saturated heterocycles. The maximum atomic E-state index is 12.4. The van der Waals surface area contributed by atoms with Crippen molar-refractivity contribution in [2.24, 2.45) is 9.54 Å². The van der Waals surface area contributed by atoms with Gasteiger partial charge in [0.05, 0.1) is 114 Å². The van der Waals surface area contributed by atoms with Crippen LogP contribution in [0.5, 0.6) is 29.4 Å². The molecule has 10 aromatic rings. The Bertz CT molecular complexity index is 4570. The van der Waals surface area contributed by atoms with E-state index < -0.39 is 48.7 Å². The average Bonchev–Trinajstić information content (AvgIpc) is 0.806. The number of hydrogen-bond acceptors (Lipinski definition) is 20. The number of fused-ring (bicyclic) bond motifs is 5. The highest BCUT2D eigenvalue weighted by atomic mass is 35.5. The van der Waals surface area contributed by atoms with E-state index in [1.54, 1.807) is 121 Å². The summed E-state index contributed by atoms with van der Waals surface area (Å²) >= 11 is 29.7. The Morgan fingerprint density at radius 2 is 0.692 bits per heavy atom. The molecule has 6 atom stereocenters. The highest BCUT2D eigenvalue weighted by molar-refractivity contribution is 7.85. The Hall–Kier alpha value is -7.19. The van der Waals surface area contributed by atoms with Crippen molar-refractivity contribution < 1.29 is 45.3 Å². The summed E-state index contributed by atoms with van der Waals surface area (Å²) in [4.78, 5) is 52.0. The Morgan fingerprint density at radius 3 is 0.962 bits per heavy atom. The third kappa shape index (κ3) is 24.2. The van der Waals surface area contributed by atoms with Crippen LogP contribution in [-0.2, 0) is 43.9 Å². The van der Waals surface area contributed by atoms with E-state index in [1.807, 2.05) is 96.9 Å². The van der Waals surface area contributed by atoms with Crippen molar-refractivity contribution in [1.82, 2.24) is 59.3 Å². The topological polar surface area (TPSA) is 323 Å². The molecule has 0 aliphatic carbocycles. The lowest BCUT2D eigenvalue weighted by molar-refractivity contribution is 0.112. The van der Waals surface area contributed by atoms with Gasteiger partial charge in [-0.25, -0.2) is 76.1 Å². The SMILES string of the molecule is C=Cc1cnc(OC)c2cnc(Cl)cc12.CC(C)(C)[S@@](N)=O.CC[C@@H](NS(=O)C(C)(C)C)c1cnc(OC)c2cnc(Cl)cc12.CC[C@H](NS(=O)C(C)(C)C)c1cnc(OC)c2cnc(Cl)cc12.COc1ncc(C=N[S@@](=O)C(C)(C)C)c2cc(Cl)ncc12.COc1ncc(C=O)c2cc(Cl)ncc12. The summed E-state index contributed by atoms with van der Waals surface area (Å²) in [6, 6.07) is 8.48. The van der Waals surface area contributed by atoms with Crippen molar-refractivity contribution in [2.45, 2.75) is 141 Å². The molecule has 0 aromatic carbocycles. The third-order valence-corrected chi connectivity index (χ3v) is 21.4. The first-order valence-corrected chi connectivity index (χ1v) is 38.3. The van der Waals surface area contributed by atoms with Crippen LogP contribution in [0.25, 0.3) is 59.9 Å². The number of pyridine rings is 10. The van der Waals surface area contributed by atoms with Gasteiger partial charge in [0, 0.05) is 113 Å². The summed E-state index contributed by atoms with van der Waals surface area (Å²) in [5, 5.41) is 15.0. The maximum absolute atomic E-state index is 12.4. The molecule has 0 amide bonds. The molecule has 4 N–H and O–H groups in total. The number of carbonyl (C=O) groups excluding carboxylic acids is 1. The summed E-state index contributed by atoms with van der Waals surface area (Å²) in [6.07, 6.45) is 21.9. The predicted octanol–water partition coefficient (Wildman–Crippen LogP) is 16.2. The molecule has 10 aromatic heterocycles. The fraction of sp³-hybridized carbons (Fsp3) is 0.380. The van der Waals surface area contributed by atoms with Gasteiger partial charge in [-0.2, -0.15) is 4.40 Å². The molecule has 560 valence electrons. The highest BCUT2D eigenvalue weighted by Gasteiger charge is 2.27. The molecule has 0 bridgehead atoms. The molecule has 104 heavy (non-hydrogen) atoms. The van der Waals surface area contributed by atoms with Crippen molar-refractivity contribution in [3.8, 4) is 29.4 Å². The van der Waals surface area contributed by atoms with Gasteiger partial charge in [0.15, 0.2) is 6.29 Å². The first kappa shape index (κ1) is 87.4. The Balaban J connectivity index is 0.000000230. The summed E-state index contributed by atoms with van der Waals surface area (Å²) < 4.78 is 82.4. The predicted molar refractivity (Wildman–Crippen MR) is 427 cm³/mol. The zero-order valence-electron chi connectivity index (χ0n) is 61.3. The number of nitrogens with two attached hydrogens (primary N) is 1. The van der Waals surface area contributed by atoms with E-state index in [0.29, 0.717) is 77.1 Å². The van der Waals surface area contributed by atoms with Crippen molar-refractivity contribution in [1.29, 1.82) is 0 Å². The maximum Gasteiger partial charge on any atom is 0.222 e. The van der Waals surface area contributed by atoms with Gasteiger partial charge in [-0.15, -0.1) is 0 Å². The first-order valence-electron chi connectivity index (χ1n) is 31.8. The van der Waals surface area contributed by atoms with Crippen LogP contribution in [0.4, 0.5) is 0 Å². The van der Waals surface area contributed by atoms with E-state index in [9.17, 15) is 21.6 Å². The Labute approximate surface area is 642 Å². The number of nitrogens with zero attached hydrogens (tertiary/aromatic N) is 11. The van der Waals surface area contributed by atoms with Gasteiger partial charge < -0.3 is 23.7 Å². The van der Waals surface area contributed by atoms with Gasteiger partial charge in [0.2, 0.25) is 29.4 Å². The van der Waals surface area contributed by atoms with Crippen LogP contribution in [0, 0.1) is 0 Å². The quantitative estimate of drug-likeness (QED) is 0.0433. The van der Waals surface area contributed by atoms with Crippen molar-refractivity contribution in [2.75, 3.05) is 35.5 Å². The molecule has 0 aliphatic rings. The third-order valence-electron chi connectivity index (χ3n) is 14.6. The Morgan fingerprint density at radius 1 is 0.423 bits per heavy atom. The zero-order chi connectivity index (χ0) is 77.8. The molecule has 2 unspecified atom stereocenters. The van der Waals surface area contributed by atoms with Gasteiger partial charge in [0.1, 0.15) is 36.8 Å². The van der Waals surface area contributed by atoms with Crippen LogP contribution in [0.1, 0.15) is 154 Å². The van der Waals surface area contributed by atoms with Gasteiger partial charge in [-0.05, 0) is 148 Å². The van der Waals surface area contributed by atoms with E-state index in [-0.39, 0.29) is 26.3 Å². The number of aldehydes is 1. The summed E-state index contributed by atoms with van der Waals surface area (Å²) in [7, 11) is 2.89. The monoisotopic (exact) mass is 1600 g/mol. The van der Waals surface area contributed by atoms with Crippen LogP contribution in [0.2, 0.25) is 25.8 Å². The van der Waals surface area contributed by atoms with E-state index in [4.69, 9.17) is 86.8 Å². The summed E-state index contributed by atoms with van der Waals surface area (Å²) in [5.41, 5.74) is 3.97. The zero-order valence-corrected chi connectivity index (χ0v) is 68.3. The fourth-order valence-corrected chi connectivity index (χ4v) is 12.0. The van der Waals surface area contributed by atoms with Crippen LogP contribution in [0.3, 0.4) is 0 Å². The molecule has 0 spiro atoms. The number of rotatable bonds is 17. The normalized spacial score (nSPS) is 13.4. The number of carbonyl (C=O) groups is 1. The number of hydrogen-bond donors (Lipinski definition) is 3. The second-order valence-electron chi connectivity index (χ2n) is 26.1. The van der Waals surface area contributed by atoms with Gasteiger partial charge in [0.25, 0.3) is 0 Å². The summed E-state index contributed by atoms with van der Waals surface area (Å²) in [5.74, 6) is 2.43. The molecule has 0 fully saturated rings. The number of nitrogens with one attached hydrogen (secondary N) is 2. The molecule has 33 heteroatoms. The smallest absolute Gasteiger partial charge is 0.222 e. The van der Waals surface area contributed by atoms with E-state index in [0.717, 1.165) is 78.9 Å². The fourth-order valence-electron chi connectivity index (χ4n) is 8.87. The lowest BCUT2D eigenvalue weighted by Gasteiger charge is -2.24. The largest absolute Gasteiger partial charge is 0.481 e. The Kier molecular flexibility index (Phi) is 33.1. The van der Waals surface area contributed by atoms with E-state index in [1.165, 1.54) is 19.5 Å². The van der Waals surface area contributed by atoms with Gasteiger partial charge in [-0.1, -0.05) is 84.5 Å². The van der Waals surface area contributed by atoms with Crippen molar-refractivity contribution in [3.05, 3.63) is 152 Å². The van der Waals surface area contributed by atoms with E-state index >= 15 is 0 Å². The molecule has 24 nitrogen and oxygen atoms in total. The van der Waals surface area contributed by atoms with Crippen LogP contribution < -0.4 is 38.3 Å². The molecule has 10 rings (SSSR count). The number of halogens is 5. The van der Waals surface area contributed by atoms with Gasteiger partial charge in [-0.3, -0.25) is 9.93 Å². The number of aromatic nitrogens is 10. The van der Waals surface area contributed by atoms with Crippen LogP contribution in [-0.4, -0.2) is 134 Å². The standard InChI is InChI=1S/2C16H22ClN3O2S.C14H16ClN3O2S.C11H9ClN2O.C10H7ClN2O2.C4H11NOS/c2*1-6-13(20-23(21)16(2,3)4)11-8-19-15(22-5)12-9-18-14(17)7-10(11)12;1-14(2,3)21(19)18-7-9-6-17-13(20-4)11-8-16-12(15)5-10(9)11;1-3-7-5-14-11(15-2)9-6-13-10(12)4-8(7)9;1-15-10-8-4-12-9(11)2-7(8)6(5-14)3-13-10;1-4(2,3)7(5)6/h2*7-9,13,20H,6H2,1-5H3;5-8H,1-4H3;3-6H,1H2,2H3;2-5H,1H3;5H2,1-3H3/t2*13-,23?;21-;;;7-/m100..0/s1. The molecule has 0 aliphatic heterocycles. The lowest BCUT2D eigenvalue weighted by atomic mass is 10.0. The van der Waals surface area contributed by atoms with E-state index in [2.05, 4.69) is 70.3 Å². The highest BCUT2D eigenvalue weighted by Crippen LogP contribution is 2.36. The minimum atomic E-state index is -1.33. The van der Waals surface area contributed by atoms with Crippen molar-refractivity contribution in [3.63, 3.8) is 0 Å². The first-order chi connectivity index (χ1) is 48.8. The second-order valence-corrected chi connectivity index (χ2v) is 35.8.